The molecule has 28 heavy (non-hydrogen) atoms. The number of hydrogen-bond donors (Lipinski definition) is 0. The van der Waals surface area contributed by atoms with Crippen molar-refractivity contribution < 1.29 is 22.7 Å². The number of aldehydes is 1. The van der Waals surface area contributed by atoms with E-state index >= 15 is 0 Å². The topological polar surface area (TPSA) is 51.5 Å². The molecule has 1 heterocycles. The highest BCUT2D eigenvalue weighted by atomic mass is 19.4. The van der Waals surface area contributed by atoms with Crippen LogP contribution in [-0.4, -0.2) is 24.5 Å². The zero-order valence-electron chi connectivity index (χ0n) is 14.8. The molecular formula is C21H15F3N2O2. The van der Waals surface area contributed by atoms with Crippen molar-refractivity contribution in [1.29, 1.82) is 0 Å². The number of nitrogens with zero attached hydrogens (tertiary/aromatic N) is 2. The van der Waals surface area contributed by atoms with Gasteiger partial charge in [0.05, 0.1) is 11.3 Å². The molecule has 1 aromatic heterocycles. The molecular weight excluding hydrogens is 369 g/mol. The maximum Gasteiger partial charge on any atom is 0.420 e. The highest BCUT2D eigenvalue weighted by Crippen LogP contribution is 2.38. The molecule has 0 amide bonds. The fourth-order valence-electron chi connectivity index (χ4n) is 2.59. The van der Waals surface area contributed by atoms with Gasteiger partial charge in [-0.2, -0.15) is 13.2 Å². The first-order valence-corrected chi connectivity index (χ1v) is 8.24. The first kappa shape index (κ1) is 19.3. The van der Waals surface area contributed by atoms with Crippen LogP contribution >= 0.6 is 0 Å². The van der Waals surface area contributed by atoms with Gasteiger partial charge < -0.3 is 4.74 Å². The molecule has 142 valence electrons. The van der Waals surface area contributed by atoms with E-state index in [-0.39, 0.29) is 11.5 Å². The lowest BCUT2D eigenvalue weighted by molar-refractivity contribution is -0.138. The quantitative estimate of drug-likeness (QED) is 0.436. The summed E-state index contributed by atoms with van der Waals surface area (Å²) in [5.74, 6) is -0.0488. The first-order chi connectivity index (χ1) is 13.4. The Kier molecular flexibility index (Phi) is 5.54. The van der Waals surface area contributed by atoms with E-state index in [1.165, 1.54) is 25.4 Å². The summed E-state index contributed by atoms with van der Waals surface area (Å²) < 4.78 is 45.6. The van der Waals surface area contributed by atoms with Gasteiger partial charge in [0.15, 0.2) is 6.29 Å². The van der Waals surface area contributed by atoms with Gasteiger partial charge in [-0.25, -0.2) is 4.98 Å². The zero-order chi connectivity index (χ0) is 20.1. The minimum atomic E-state index is -4.56. The standard InChI is InChI=1S/C21H15F3N2O2/c1-25-12-14-5-10-20(18(11-14)21(22,23)24)28-17-8-6-15(7-9-17)19-4-2-3-16(13-27)26-19/h2-13H,1H3/b25-12-. The molecule has 0 bridgehead atoms. The van der Waals surface area contributed by atoms with Crippen LogP contribution in [0.15, 0.2) is 65.7 Å². The third-order valence-corrected chi connectivity index (χ3v) is 3.86. The summed E-state index contributed by atoms with van der Waals surface area (Å²) in [7, 11) is 1.48. The number of halogens is 3. The van der Waals surface area contributed by atoms with Crippen LogP contribution < -0.4 is 4.74 Å². The summed E-state index contributed by atoms with van der Waals surface area (Å²) in [6, 6.07) is 15.2. The third kappa shape index (κ3) is 4.43. The number of aromatic nitrogens is 1. The minimum absolute atomic E-state index is 0.248. The van der Waals surface area contributed by atoms with Crippen LogP contribution in [-0.2, 0) is 6.18 Å². The van der Waals surface area contributed by atoms with Gasteiger partial charge in [0.2, 0.25) is 0 Å². The summed E-state index contributed by atoms with van der Waals surface area (Å²) in [4.78, 5) is 18.8. The maximum atomic E-state index is 13.4. The molecule has 3 aromatic rings. The first-order valence-electron chi connectivity index (χ1n) is 8.24. The van der Waals surface area contributed by atoms with Crippen LogP contribution in [0.1, 0.15) is 21.6 Å². The molecule has 0 atom stereocenters. The van der Waals surface area contributed by atoms with E-state index in [2.05, 4.69) is 9.98 Å². The average Bonchev–Trinajstić information content (AvgIpc) is 2.69. The van der Waals surface area contributed by atoms with Crippen molar-refractivity contribution in [3.63, 3.8) is 0 Å². The number of carbonyl (C=O) groups excluding carboxylic acids is 1. The lowest BCUT2D eigenvalue weighted by Crippen LogP contribution is -2.08. The molecule has 2 aromatic carbocycles. The lowest BCUT2D eigenvalue weighted by Gasteiger charge is -2.14. The SMILES string of the molecule is C/N=C\c1ccc(Oc2ccc(-c3cccc(C=O)n3)cc2)c(C(F)(F)F)c1. The summed E-state index contributed by atoms with van der Waals surface area (Å²) in [6.45, 7) is 0. The monoisotopic (exact) mass is 384 g/mol. The highest BCUT2D eigenvalue weighted by Gasteiger charge is 2.34. The molecule has 0 aliphatic heterocycles. The average molecular weight is 384 g/mol. The second-order valence-electron chi connectivity index (χ2n) is 5.83. The van der Waals surface area contributed by atoms with E-state index < -0.39 is 11.7 Å². The fourth-order valence-corrected chi connectivity index (χ4v) is 2.59. The van der Waals surface area contributed by atoms with Crippen LogP contribution in [0, 0.1) is 0 Å². The Labute approximate surface area is 159 Å². The molecule has 0 saturated heterocycles. The minimum Gasteiger partial charge on any atom is -0.457 e. The number of rotatable bonds is 5. The molecule has 0 unspecified atom stereocenters. The Morgan fingerprint density at radius 1 is 1.04 bits per heavy atom. The molecule has 7 heteroatoms. The van der Waals surface area contributed by atoms with E-state index in [1.807, 2.05) is 0 Å². The van der Waals surface area contributed by atoms with Gasteiger partial charge in [-0.3, -0.25) is 9.79 Å². The summed E-state index contributed by atoms with van der Waals surface area (Å²) in [6.07, 6.45) is -2.58. The number of aliphatic imine (C=N–C) groups is 1. The van der Waals surface area contributed by atoms with Crippen molar-refractivity contribution in [2.45, 2.75) is 6.18 Å². The van der Waals surface area contributed by atoms with Gasteiger partial charge in [-0.1, -0.05) is 6.07 Å². The maximum absolute atomic E-state index is 13.4. The molecule has 0 fully saturated rings. The lowest BCUT2D eigenvalue weighted by atomic mass is 10.1. The fraction of sp³-hybridized carbons (Fsp3) is 0.0952. The van der Waals surface area contributed by atoms with Gasteiger partial charge >= 0.3 is 6.18 Å². The van der Waals surface area contributed by atoms with E-state index in [1.54, 1.807) is 42.5 Å². The van der Waals surface area contributed by atoms with Crippen molar-refractivity contribution in [2.24, 2.45) is 4.99 Å². The number of pyridine rings is 1. The van der Waals surface area contributed by atoms with Gasteiger partial charge in [-0.05, 0) is 60.2 Å². The Morgan fingerprint density at radius 2 is 1.79 bits per heavy atom. The van der Waals surface area contributed by atoms with Crippen molar-refractivity contribution >= 4 is 12.5 Å². The zero-order valence-corrected chi connectivity index (χ0v) is 14.8. The predicted molar refractivity (Wildman–Crippen MR) is 100 cm³/mol. The molecule has 0 saturated carbocycles. The number of benzene rings is 2. The van der Waals surface area contributed by atoms with Crippen LogP contribution in [0.5, 0.6) is 11.5 Å². The second kappa shape index (κ2) is 8.04. The van der Waals surface area contributed by atoms with E-state index in [0.717, 1.165) is 6.07 Å². The Bertz CT molecular complexity index is 1010. The number of alkyl halides is 3. The predicted octanol–water partition coefficient (Wildman–Crippen LogP) is 5.42. The molecule has 0 aliphatic carbocycles. The Morgan fingerprint density at radius 3 is 2.43 bits per heavy atom. The highest BCUT2D eigenvalue weighted by molar-refractivity contribution is 5.80. The third-order valence-electron chi connectivity index (χ3n) is 3.86. The summed E-state index contributed by atoms with van der Waals surface area (Å²) in [5.41, 5.74) is 1.04. The molecule has 0 spiro atoms. The van der Waals surface area contributed by atoms with Crippen LogP contribution in [0.4, 0.5) is 13.2 Å². The van der Waals surface area contributed by atoms with Gasteiger partial charge in [0.1, 0.15) is 17.2 Å². The summed E-state index contributed by atoms with van der Waals surface area (Å²) >= 11 is 0. The van der Waals surface area contributed by atoms with E-state index in [4.69, 9.17) is 4.74 Å². The largest absolute Gasteiger partial charge is 0.457 e. The van der Waals surface area contributed by atoms with Gasteiger partial charge in [0.25, 0.3) is 0 Å². The van der Waals surface area contributed by atoms with Gasteiger partial charge in [-0.15, -0.1) is 0 Å². The Balaban J connectivity index is 1.89. The van der Waals surface area contributed by atoms with Crippen molar-refractivity contribution in [3.8, 4) is 22.8 Å². The Hall–Kier alpha value is -3.48. The number of ether oxygens (including phenoxy) is 1. The molecule has 3 rings (SSSR count). The van der Waals surface area contributed by atoms with Crippen LogP contribution in [0.25, 0.3) is 11.3 Å². The summed E-state index contributed by atoms with van der Waals surface area (Å²) in [5, 5.41) is 0. The van der Waals surface area contributed by atoms with E-state index in [0.29, 0.717) is 28.8 Å². The number of carbonyl (C=O) groups is 1. The van der Waals surface area contributed by atoms with Crippen LogP contribution in [0.3, 0.4) is 0 Å². The molecule has 0 radical (unpaired) electrons. The van der Waals surface area contributed by atoms with Crippen molar-refractivity contribution in [2.75, 3.05) is 7.05 Å². The van der Waals surface area contributed by atoms with Gasteiger partial charge in [0, 0.05) is 18.8 Å². The molecule has 0 N–H and O–H groups in total. The van der Waals surface area contributed by atoms with Crippen molar-refractivity contribution in [3.05, 3.63) is 77.5 Å². The second-order valence-corrected chi connectivity index (χ2v) is 5.83. The van der Waals surface area contributed by atoms with Crippen LogP contribution in [0.2, 0.25) is 0 Å². The van der Waals surface area contributed by atoms with E-state index in [9.17, 15) is 18.0 Å². The molecule has 0 aliphatic rings. The molecule has 4 nitrogen and oxygen atoms in total. The normalized spacial score (nSPS) is 11.6. The smallest absolute Gasteiger partial charge is 0.420 e. The van der Waals surface area contributed by atoms with Crippen molar-refractivity contribution in [1.82, 2.24) is 4.98 Å². The number of hydrogen-bond acceptors (Lipinski definition) is 4.